The Labute approximate surface area is 215 Å². The third-order valence-electron chi connectivity index (χ3n) is 5.61. The van der Waals surface area contributed by atoms with Crippen LogP contribution in [0.15, 0.2) is 102 Å². The summed E-state index contributed by atoms with van der Waals surface area (Å²) in [5.74, 6) is -0.806. The van der Waals surface area contributed by atoms with E-state index in [2.05, 4.69) is 5.32 Å². The molecule has 1 aromatic heterocycles. The van der Waals surface area contributed by atoms with Crippen molar-refractivity contribution in [2.45, 2.75) is 29.8 Å². The van der Waals surface area contributed by atoms with Crippen molar-refractivity contribution in [3.05, 3.63) is 103 Å². The number of nitrogens with one attached hydrogen (secondary N) is 1. The van der Waals surface area contributed by atoms with Crippen molar-refractivity contribution < 1.29 is 14.3 Å². The van der Waals surface area contributed by atoms with Crippen LogP contribution < -0.4 is 5.32 Å². The van der Waals surface area contributed by atoms with Crippen molar-refractivity contribution in [3.63, 3.8) is 0 Å². The van der Waals surface area contributed by atoms with E-state index in [4.69, 9.17) is 14.7 Å². The number of hydrogen-bond acceptors (Lipinski definition) is 6. The van der Waals surface area contributed by atoms with Crippen LogP contribution in [0.25, 0.3) is 22.5 Å². The van der Waals surface area contributed by atoms with Gasteiger partial charge in [-0.25, -0.2) is 14.8 Å². The Morgan fingerprint density at radius 1 is 0.833 bits per heavy atom. The normalized spacial score (nSPS) is 12.4. The van der Waals surface area contributed by atoms with Crippen molar-refractivity contribution in [2.75, 3.05) is 7.11 Å². The van der Waals surface area contributed by atoms with Gasteiger partial charge in [0.25, 0.3) is 0 Å². The third-order valence-corrected chi connectivity index (χ3v) is 6.84. The Morgan fingerprint density at radius 2 is 1.33 bits per heavy atom. The molecule has 0 aliphatic heterocycles. The summed E-state index contributed by atoms with van der Waals surface area (Å²) < 4.78 is 4.94. The molecular formula is C29H27N3O3S. The summed E-state index contributed by atoms with van der Waals surface area (Å²) in [7, 11) is 1.31. The summed E-state index contributed by atoms with van der Waals surface area (Å²) in [6, 6.07) is 29.9. The van der Waals surface area contributed by atoms with Gasteiger partial charge in [-0.3, -0.25) is 4.79 Å². The number of ether oxygens (including phenoxy) is 1. The van der Waals surface area contributed by atoms with Gasteiger partial charge in [-0.1, -0.05) is 110 Å². The van der Waals surface area contributed by atoms with Crippen molar-refractivity contribution in [1.82, 2.24) is 15.3 Å². The molecule has 1 heterocycles. The zero-order valence-corrected chi connectivity index (χ0v) is 20.9. The molecule has 0 bridgehead atoms. The standard InChI is InChI=1S/C29H27N3O3S/c1-3-25(27(33)32-26(28(34)35-2)22-17-11-6-12-18-22)36-29-30-23(20-13-7-4-8-14-20)19-24(31-29)21-15-9-5-10-16-21/h4-19,25-26H,3H2,1-2H3,(H,32,33). The largest absolute Gasteiger partial charge is 0.467 e. The van der Waals surface area contributed by atoms with Crippen LogP contribution in [-0.4, -0.2) is 34.2 Å². The Kier molecular flexibility index (Phi) is 8.47. The van der Waals surface area contributed by atoms with Crippen LogP contribution >= 0.6 is 11.8 Å². The number of hydrogen-bond donors (Lipinski definition) is 1. The summed E-state index contributed by atoms with van der Waals surface area (Å²) in [4.78, 5) is 35.3. The van der Waals surface area contributed by atoms with Gasteiger partial charge in [0.2, 0.25) is 5.91 Å². The minimum absolute atomic E-state index is 0.281. The fourth-order valence-corrected chi connectivity index (χ4v) is 4.62. The van der Waals surface area contributed by atoms with Gasteiger partial charge in [0.15, 0.2) is 11.2 Å². The summed E-state index contributed by atoms with van der Waals surface area (Å²) in [6.45, 7) is 1.92. The topological polar surface area (TPSA) is 81.2 Å². The predicted molar refractivity (Wildman–Crippen MR) is 142 cm³/mol. The maximum absolute atomic E-state index is 13.3. The average molecular weight is 498 g/mol. The molecule has 2 atom stereocenters. The predicted octanol–water partition coefficient (Wildman–Crippen LogP) is 5.71. The molecule has 1 amide bonds. The number of methoxy groups -OCH3 is 1. The van der Waals surface area contributed by atoms with E-state index in [0.717, 1.165) is 22.5 Å². The fraction of sp³-hybridized carbons (Fsp3) is 0.172. The molecule has 0 aliphatic carbocycles. The van der Waals surface area contributed by atoms with Crippen molar-refractivity contribution >= 4 is 23.6 Å². The number of carbonyl (C=O) groups excluding carboxylic acids is 2. The third kappa shape index (κ3) is 6.17. The maximum Gasteiger partial charge on any atom is 0.333 e. The van der Waals surface area contributed by atoms with E-state index in [0.29, 0.717) is 17.1 Å². The van der Waals surface area contributed by atoms with E-state index in [-0.39, 0.29) is 5.91 Å². The second kappa shape index (κ2) is 12.1. The average Bonchev–Trinajstić information content (AvgIpc) is 2.95. The molecule has 0 spiro atoms. The van der Waals surface area contributed by atoms with E-state index >= 15 is 0 Å². The molecule has 0 saturated carbocycles. The Balaban J connectivity index is 1.63. The van der Waals surface area contributed by atoms with E-state index in [1.54, 1.807) is 12.1 Å². The maximum atomic E-state index is 13.3. The molecule has 6 nitrogen and oxygen atoms in total. The van der Waals surface area contributed by atoms with Gasteiger partial charge < -0.3 is 10.1 Å². The van der Waals surface area contributed by atoms with Crippen LogP contribution in [0.5, 0.6) is 0 Å². The van der Waals surface area contributed by atoms with Crippen molar-refractivity contribution in [1.29, 1.82) is 0 Å². The van der Waals surface area contributed by atoms with Gasteiger partial charge in [0.1, 0.15) is 0 Å². The van der Waals surface area contributed by atoms with Crippen LogP contribution in [-0.2, 0) is 14.3 Å². The lowest BCUT2D eigenvalue weighted by Gasteiger charge is -2.20. The molecule has 0 aliphatic rings. The van der Waals surface area contributed by atoms with E-state index in [9.17, 15) is 9.59 Å². The molecule has 0 radical (unpaired) electrons. The second-order valence-electron chi connectivity index (χ2n) is 8.04. The fourth-order valence-electron chi connectivity index (χ4n) is 3.72. The molecule has 4 aromatic rings. The first kappa shape index (κ1) is 25.1. The summed E-state index contributed by atoms with van der Waals surface area (Å²) in [5.41, 5.74) is 4.14. The number of rotatable bonds is 9. The highest BCUT2D eigenvalue weighted by molar-refractivity contribution is 8.00. The number of nitrogens with zero attached hydrogens (tertiary/aromatic N) is 2. The lowest BCUT2D eigenvalue weighted by Crippen LogP contribution is -2.39. The first-order valence-electron chi connectivity index (χ1n) is 11.7. The molecule has 2 unspecified atom stereocenters. The van der Waals surface area contributed by atoms with Crippen LogP contribution in [0.2, 0.25) is 0 Å². The van der Waals surface area contributed by atoms with Gasteiger partial charge in [0.05, 0.1) is 23.7 Å². The molecule has 3 aromatic carbocycles. The summed E-state index contributed by atoms with van der Waals surface area (Å²) in [5, 5.41) is 2.85. The molecule has 7 heteroatoms. The zero-order chi connectivity index (χ0) is 25.3. The molecular weight excluding hydrogens is 470 g/mol. The molecule has 4 rings (SSSR count). The van der Waals surface area contributed by atoms with Crippen LogP contribution in [0.1, 0.15) is 24.9 Å². The van der Waals surface area contributed by atoms with Crippen molar-refractivity contribution in [3.8, 4) is 22.5 Å². The van der Waals surface area contributed by atoms with Gasteiger partial charge in [-0.2, -0.15) is 0 Å². The highest BCUT2D eigenvalue weighted by Crippen LogP contribution is 2.30. The summed E-state index contributed by atoms with van der Waals surface area (Å²) >= 11 is 1.28. The number of thioether (sulfide) groups is 1. The van der Waals surface area contributed by atoms with E-state index in [1.165, 1.54) is 18.9 Å². The van der Waals surface area contributed by atoms with Gasteiger partial charge in [-0.05, 0) is 18.1 Å². The molecule has 182 valence electrons. The van der Waals surface area contributed by atoms with E-state index < -0.39 is 17.3 Å². The zero-order valence-electron chi connectivity index (χ0n) is 20.1. The van der Waals surface area contributed by atoms with Crippen LogP contribution in [0, 0.1) is 0 Å². The molecule has 0 saturated heterocycles. The lowest BCUT2D eigenvalue weighted by atomic mass is 10.1. The number of amides is 1. The Bertz CT molecular complexity index is 1240. The molecule has 0 fully saturated rings. The number of esters is 1. The highest BCUT2D eigenvalue weighted by atomic mass is 32.2. The number of benzene rings is 3. The minimum Gasteiger partial charge on any atom is -0.467 e. The molecule has 36 heavy (non-hydrogen) atoms. The minimum atomic E-state index is -0.894. The van der Waals surface area contributed by atoms with Crippen molar-refractivity contribution in [2.24, 2.45) is 0 Å². The van der Waals surface area contributed by atoms with Gasteiger partial charge >= 0.3 is 5.97 Å². The quantitative estimate of drug-likeness (QED) is 0.181. The Hall–Kier alpha value is -3.97. The first-order chi connectivity index (χ1) is 17.6. The smallest absolute Gasteiger partial charge is 0.333 e. The molecule has 1 N–H and O–H groups in total. The lowest BCUT2D eigenvalue weighted by molar-refractivity contribution is -0.145. The second-order valence-corrected chi connectivity index (χ2v) is 9.21. The van der Waals surface area contributed by atoms with E-state index in [1.807, 2.05) is 91.9 Å². The first-order valence-corrected chi connectivity index (χ1v) is 12.6. The number of carbonyl (C=O) groups is 2. The van der Waals surface area contributed by atoms with Crippen LogP contribution in [0.3, 0.4) is 0 Å². The SMILES string of the molecule is CCC(Sc1nc(-c2ccccc2)cc(-c2ccccc2)n1)C(=O)NC(C(=O)OC)c1ccccc1. The number of aromatic nitrogens is 2. The van der Waals surface area contributed by atoms with Gasteiger partial charge in [0, 0.05) is 11.1 Å². The highest BCUT2D eigenvalue weighted by Gasteiger charge is 2.28. The monoisotopic (exact) mass is 497 g/mol. The van der Waals surface area contributed by atoms with Gasteiger partial charge in [-0.15, -0.1) is 0 Å². The Morgan fingerprint density at radius 3 is 1.81 bits per heavy atom. The summed E-state index contributed by atoms with van der Waals surface area (Å²) in [6.07, 6.45) is 0.527. The van der Waals surface area contributed by atoms with Crippen LogP contribution in [0.4, 0.5) is 0 Å².